The first-order valence-electron chi connectivity index (χ1n) is 8.31. The normalized spacial score (nSPS) is 12.1. The molecule has 2 rings (SSSR count). The Kier molecular flexibility index (Phi) is 5.60. The molecule has 0 aliphatic carbocycles. The molecule has 126 valence electrons. The van der Waals surface area contributed by atoms with Crippen molar-refractivity contribution in [3.8, 4) is 0 Å². The summed E-state index contributed by atoms with van der Waals surface area (Å²) >= 11 is 0. The zero-order valence-electron chi connectivity index (χ0n) is 15.0. The highest BCUT2D eigenvalue weighted by molar-refractivity contribution is 5.25. The minimum absolute atomic E-state index is 0.623. The molecule has 0 bridgehead atoms. The van der Waals surface area contributed by atoms with E-state index in [1.165, 1.54) is 16.8 Å². The number of hydrogen-bond donors (Lipinski definition) is 1. The highest BCUT2D eigenvalue weighted by Gasteiger charge is 2.21. The van der Waals surface area contributed by atoms with Crippen molar-refractivity contribution in [2.75, 3.05) is 6.54 Å². The number of hydrogen-bond acceptors (Lipinski definition) is 3. The molecule has 0 unspecified atom stereocenters. The zero-order valence-corrected chi connectivity index (χ0v) is 15.0. The van der Waals surface area contributed by atoms with Gasteiger partial charge in [-0.2, -0.15) is 5.10 Å². The number of aryl methyl sites for hydroxylation is 2. The molecule has 0 aliphatic heterocycles. The van der Waals surface area contributed by atoms with E-state index in [0.717, 1.165) is 25.3 Å². The molecule has 23 heavy (non-hydrogen) atoms. The van der Waals surface area contributed by atoms with Crippen LogP contribution in [0.1, 0.15) is 43.3 Å². The molecule has 4 heteroatoms. The van der Waals surface area contributed by atoms with Crippen LogP contribution in [0.5, 0.6) is 0 Å². The van der Waals surface area contributed by atoms with E-state index in [1.54, 1.807) is 0 Å². The van der Waals surface area contributed by atoms with E-state index >= 15 is 0 Å². The molecule has 0 saturated carbocycles. The maximum atomic E-state index is 10.3. The maximum absolute atomic E-state index is 10.3. The topological polar surface area (TPSA) is 41.3 Å². The lowest BCUT2D eigenvalue weighted by molar-refractivity contribution is 0.0305. The number of aromatic nitrogens is 2. The van der Waals surface area contributed by atoms with Gasteiger partial charge in [0, 0.05) is 37.4 Å². The minimum Gasteiger partial charge on any atom is -0.389 e. The highest BCUT2D eigenvalue weighted by Crippen LogP contribution is 2.19. The Labute approximate surface area is 139 Å². The third-order valence-electron chi connectivity index (χ3n) is 4.07. The second-order valence-electron chi connectivity index (χ2n) is 6.91. The lowest BCUT2D eigenvalue weighted by Gasteiger charge is -2.29. The Bertz CT molecular complexity index is 626. The lowest BCUT2D eigenvalue weighted by Crippen LogP contribution is -2.38. The third-order valence-corrected chi connectivity index (χ3v) is 4.07. The average molecular weight is 315 g/mol. The quantitative estimate of drug-likeness (QED) is 0.852. The minimum atomic E-state index is -0.725. The highest BCUT2D eigenvalue weighted by atomic mass is 16.3. The molecule has 1 heterocycles. The molecule has 1 aromatic heterocycles. The summed E-state index contributed by atoms with van der Waals surface area (Å²) in [5.74, 6) is 0. The van der Waals surface area contributed by atoms with Gasteiger partial charge in [-0.25, -0.2) is 0 Å². The Hall–Kier alpha value is -1.65. The van der Waals surface area contributed by atoms with Crippen LogP contribution >= 0.6 is 0 Å². The summed E-state index contributed by atoms with van der Waals surface area (Å²) in [6.07, 6.45) is 0. The van der Waals surface area contributed by atoms with Crippen molar-refractivity contribution < 1.29 is 5.11 Å². The molecule has 0 fully saturated rings. The molecule has 0 amide bonds. The van der Waals surface area contributed by atoms with E-state index in [4.69, 9.17) is 0 Å². The molecular formula is C19H29N3O. The molecule has 2 aromatic rings. The summed E-state index contributed by atoms with van der Waals surface area (Å²) in [6, 6.07) is 10.4. The van der Waals surface area contributed by atoms with Crippen LogP contribution in [0.4, 0.5) is 0 Å². The van der Waals surface area contributed by atoms with Gasteiger partial charge in [0.15, 0.2) is 0 Å². The van der Waals surface area contributed by atoms with Crippen LogP contribution in [-0.4, -0.2) is 31.9 Å². The maximum Gasteiger partial charge on any atom is 0.0718 e. The van der Waals surface area contributed by atoms with E-state index in [-0.39, 0.29) is 0 Å². The first-order chi connectivity index (χ1) is 10.8. The lowest BCUT2D eigenvalue weighted by atomic mass is 10.1. The molecule has 4 nitrogen and oxygen atoms in total. The van der Waals surface area contributed by atoms with Crippen LogP contribution in [0, 0.1) is 13.8 Å². The second kappa shape index (κ2) is 7.28. The van der Waals surface area contributed by atoms with Gasteiger partial charge in [-0.3, -0.25) is 9.58 Å². The molecule has 0 aliphatic rings. The average Bonchev–Trinajstić information content (AvgIpc) is 2.74. The van der Waals surface area contributed by atoms with Gasteiger partial charge in [0.05, 0.1) is 11.3 Å². The van der Waals surface area contributed by atoms with Crippen LogP contribution in [-0.2, 0) is 19.6 Å². The van der Waals surface area contributed by atoms with Gasteiger partial charge in [0.25, 0.3) is 0 Å². The molecule has 0 saturated heterocycles. The summed E-state index contributed by atoms with van der Waals surface area (Å²) < 4.78 is 2.05. The summed E-state index contributed by atoms with van der Waals surface area (Å²) in [7, 11) is 0. The van der Waals surface area contributed by atoms with Crippen LogP contribution in [0.3, 0.4) is 0 Å². The zero-order chi connectivity index (χ0) is 17.0. The Morgan fingerprint density at radius 3 is 2.30 bits per heavy atom. The van der Waals surface area contributed by atoms with Crippen LogP contribution in [0.15, 0.2) is 30.3 Å². The van der Waals surface area contributed by atoms with E-state index in [2.05, 4.69) is 59.7 Å². The number of nitrogens with zero attached hydrogens (tertiary/aromatic N) is 3. The van der Waals surface area contributed by atoms with Gasteiger partial charge >= 0.3 is 0 Å². The van der Waals surface area contributed by atoms with Crippen molar-refractivity contribution >= 4 is 0 Å². The van der Waals surface area contributed by atoms with Gasteiger partial charge in [0.1, 0.15) is 0 Å². The monoisotopic (exact) mass is 315 g/mol. The predicted octanol–water partition coefficient (Wildman–Crippen LogP) is 3.29. The van der Waals surface area contributed by atoms with E-state index in [0.29, 0.717) is 6.54 Å². The van der Waals surface area contributed by atoms with E-state index < -0.39 is 5.60 Å². The van der Waals surface area contributed by atoms with Gasteiger partial charge in [0.2, 0.25) is 0 Å². The third kappa shape index (κ3) is 4.91. The molecule has 1 aromatic carbocycles. The van der Waals surface area contributed by atoms with Gasteiger partial charge in [-0.05, 0) is 40.2 Å². The Morgan fingerprint density at radius 2 is 1.78 bits per heavy atom. The van der Waals surface area contributed by atoms with E-state index in [9.17, 15) is 5.11 Å². The first-order valence-corrected chi connectivity index (χ1v) is 8.31. The summed E-state index contributed by atoms with van der Waals surface area (Å²) in [5.41, 5.74) is 4.11. The fourth-order valence-corrected chi connectivity index (χ4v) is 3.05. The largest absolute Gasteiger partial charge is 0.389 e. The molecule has 0 radical (unpaired) electrons. The fourth-order valence-electron chi connectivity index (χ4n) is 3.05. The summed E-state index contributed by atoms with van der Waals surface area (Å²) in [6.45, 7) is 13.2. The molecule has 1 N–H and O–H groups in total. The van der Waals surface area contributed by atoms with Crippen LogP contribution < -0.4 is 0 Å². The Balaban J connectivity index is 2.22. The molecule has 0 spiro atoms. The number of benzene rings is 1. The summed E-state index contributed by atoms with van der Waals surface area (Å²) in [4.78, 5) is 2.30. The number of aliphatic hydroxyl groups is 1. The standard InChI is InChI=1S/C19H29N3O/c1-6-22-16(3)18(15(2)20-22)13-21(14-19(4,5)23)12-17-10-8-7-9-11-17/h7-11,23H,6,12-14H2,1-5H3. The predicted molar refractivity (Wildman–Crippen MR) is 94.2 cm³/mol. The smallest absolute Gasteiger partial charge is 0.0718 e. The van der Waals surface area contributed by atoms with Crippen molar-refractivity contribution in [1.82, 2.24) is 14.7 Å². The second-order valence-corrected chi connectivity index (χ2v) is 6.91. The van der Waals surface area contributed by atoms with Crippen molar-refractivity contribution in [1.29, 1.82) is 0 Å². The summed E-state index contributed by atoms with van der Waals surface area (Å²) in [5, 5.41) is 14.9. The van der Waals surface area contributed by atoms with Crippen molar-refractivity contribution in [3.63, 3.8) is 0 Å². The molecular weight excluding hydrogens is 286 g/mol. The van der Waals surface area contributed by atoms with Crippen molar-refractivity contribution in [3.05, 3.63) is 52.8 Å². The van der Waals surface area contributed by atoms with Crippen molar-refractivity contribution in [2.45, 2.75) is 59.9 Å². The first kappa shape index (κ1) is 17.7. The van der Waals surface area contributed by atoms with Crippen molar-refractivity contribution in [2.24, 2.45) is 0 Å². The van der Waals surface area contributed by atoms with Gasteiger partial charge < -0.3 is 5.11 Å². The SMILES string of the molecule is CCn1nc(C)c(CN(Cc2ccccc2)CC(C)(C)O)c1C. The molecule has 0 atom stereocenters. The number of rotatable bonds is 7. The van der Waals surface area contributed by atoms with E-state index in [1.807, 2.05) is 19.9 Å². The van der Waals surface area contributed by atoms with Crippen LogP contribution in [0.25, 0.3) is 0 Å². The fraction of sp³-hybridized carbons (Fsp3) is 0.526. The van der Waals surface area contributed by atoms with Gasteiger partial charge in [-0.1, -0.05) is 30.3 Å². The van der Waals surface area contributed by atoms with Crippen LogP contribution in [0.2, 0.25) is 0 Å². The Morgan fingerprint density at radius 1 is 1.13 bits per heavy atom. The van der Waals surface area contributed by atoms with Gasteiger partial charge in [-0.15, -0.1) is 0 Å².